The van der Waals surface area contributed by atoms with Crippen LogP contribution in [0.1, 0.15) is 27.4 Å². The second-order valence-corrected chi connectivity index (χ2v) is 7.67. The van der Waals surface area contributed by atoms with Gasteiger partial charge in [0, 0.05) is 19.8 Å². The number of rotatable bonds is 4. The Hall–Kier alpha value is -2.12. The predicted molar refractivity (Wildman–Crippen MR) is 88.2 cm³/mol. The van der Waals surface area contributed by atoms with Gasteiger partial charge >= 0.3 is 0 Å². The molecule has 0 bridgehead atoms. The molecule has 1 heterocycles. The molecule has 1 aromatic carbocycles. The maximum absolute atomic E-state index is 12.3. The zero-order chi connectivity index (χ0) is 17.4. The largest absolute Gasteiger partial charge is 0.466 e. The van der Waals surface area contributed by atoms with E-state index in [4.69, 9.17) is 4.42 Å². The Morgan fingerprint density at radius 1 is 1.13 bits per heavy atom. The highest BCUT2D eigenvalue weighted by Gasteiger charge is 2.21. The zero-order valence-corrected chi connectivity index (χ0v) is 14.6. The van der Waals surface area contributed by atoms with Gasteiger partial charge in [-0.1, -0.05) is 6.07 Å². The van der Waals surface area contributed by atoms with Crippen LogP contribution in [0.4, 0.5) is 5.69 Å². The fourth-order valence-electron chi connectivity index (χ4n) is 2.21. The highest BCUT2D eigenvalue weighted by Crippen LogP contribution is 2.23. The molecule has 6 nitrogen and oxygen atoms in total. The van der Waals surface area contributed by atoms with Crippen molar-refractivity contribution in [2.24, 2.45) is 0 Å². The lowest BCUT2D eigenvalue weighted by Gasteiger charge is -2.15. The molecule has 0 aliphatic rings. The number of sulfonamides is 1. The molecule has 0 radical (unpaired) electrons. The van der Waals surface area contributed by atoms with E-state index in [0.717, 1.165) is 4.31 Å². The van der Waals surface area contributed by atoms with Gasteiger partial charge in [0.15, 0.2) is 0 Å². The topological polar surface area (TPSA) is 79.6 Å². The van der Waals surface area contributed by atoms with Gasteiger partial charge in [-0.25, -0.2) is 12.7 Å². The number of benzene rings is 1. The summed E-state index contributed by atoms with van der Waals surface area (Å²) in [5.41, 5.74) is 1.46. The lowest BCUT2D eigenvalue weighted by atomic mass is 10.2. The monoisotopic (exact) mass is 336 g/mol. The third-order valence-electron chi connectivity index (χ3n) is 3.49. The maximum atomic E-state index is 12.3. The third kappa shape index (κ3) is 3.46. The Bertz CT molecular complexity index is 851. The molecule has 2 aromatic rings. The van der Waals surface area contributed by atoms with Gasteiger partial charge in [0.05, 0.1) is 10.5 Å². The summed E-state index contributed by atoms with van der Waals surface area (Å²) in [5.74, 6) is 0.831. The molecule has 0 fully saturated rings. The summed E-state index contributed by atoms with van der Waals surface area (Å²) in [6, 6.07) is 6.45. The molecule has 0 spiro atoms. The molecular weight excluding hydrogens is 316 g/mol. The summed E-state index contributed by atoms with van der Waals surface area (Å²) in [6.07, 6.45) is 0. The van der Waals surface area contributed by atoms with Gasteiger partial charge in [-0.3, -0.25) is 4.79 Å². The van der Waals surface area contributed by atoms with E-state index in [1.807, 2.05) is 0 Å². The van der Waals surface area contributed by atoms with Crippen molar-refractivity contribution >= 4 is 21.6 Å². The zero-order valence-electron chi connectivity index (χ0n) is 13.8. The van der Waals surface area contributed by atoms with Crippen LogP contribution >= 0.6 is 0 Å². The highest BCUT2D eigenvalue weighted by molar-refractivity contribution is 7.89. The lowest BCUT2D eigenvalue weighted by Crippen LogP contribution is -2.23. The van der Waals surface area contributed by atoms with Crippen molar-refractivity contribution in [3.05, 3.63) is 46.9 Å². The molecule has 124 valence electrons. The van der Waals surface area contributed by atoms with E-state index in [9.17, 15) is 13.2 Å². The molecular formula is C16H20N2O4S. The van der Waals surface area contributed by atoms with Gasteiger partial charge in [-0.2, -0.15) is 0 Å². The Labute approximate surface area is 136 Å². The number of aryl methyl sites for hydroxylation is 3. The van der Waals surface area contributed by atoms with Crippen LogP contribution in [0.2, 0.25) is 0 Å². The average molecular weight is 336 g/mol. The van der Waals surface area contributed by atoms with E-state index in [-0.39, 0.29) is 10.8 Å². The minimum absolute atomic E-state index is 0.167. The highest BCUT2D eigenvalue weighted by atomic mass is 32.2. The fourth-order valence-corrected chi connectivity index (χ4v) is 3.35. The normalized spacial score (nSPS) is 11.7. The first-order valence-electron chi connectivity index (χ1n) is 7.04. The maximum Gasteiger partial charge on any atom is 0.259 e. The summed E-state index contributed by atoms with van der Waals surface area (Å²) in [6.45, 7) is 5.18. The van der Waals surface area contributed by atoms with E-state index < -0.39 is 10.0 Å². The Kier molecular flexibility index (Phi) is 4.63. The number of anilines is 1. The van der Waals surface area contributed by atoms with Gasteiger partial charge in [0.1, 0.15) is 11.5 Å². The number of carbonyl (C=O) groups is 1. The van der Waals surface area contributed by atoms with Gasteiger partial charge in [-0.05, 0) is 44.5 Å². The Morgan fingerprint density at radius 2 is 1.78 bits per heavy atom. The van der Waals surface area contributed by atoms with Crippen molar-refractivity contribution in [3.63, 3.8) is 0 Å². The van der Waals surface area contributed by atoms with Crippen molar-refractivity contribution in [1.82, 2.24) is 4.31 Å². The van der Waals surface area contributed by atoms with Crippen molar-refractivity contribution in [2.75, 3.05) is 19.4 Å². The molecule has 0 aliphatic heterocycles. The quantitative estimate of drug-likeness (QED) is 0.931. The van der Waals surface area contributed by atoms with Gasteiger partial charge in [0.2, 0.25) is 10.0 Å². The van der Waals surface area contributed by atoms with E-state index in [1.165, 1.54) is 20.2 Å². The molecule has 1 aromatic heterocycles. The molecule has 0 saturated carbocycles. The molecule has 7 heteroatoms. The summed E-state index contributed by atoms with van der Waals surface area (Å²) in [4.78, 5) is 12.5. The van der Waals surface area contributed by atoms with Crippen molar-refractivity contribution in [3.8, 4) is 0 Å². The standard InChI is InChI=1S/C16H20N2O4S/c1-10-6-7-13(9-15(10)23(20,21)18(4)5)17-16(19)14-8-11(2)22-12(14)3/h6-9H,1-5H3,(H,17,19). The smallest absolute Gasteiger partial charge is 0.259 e. The van der Waals surface area contributed by atoms with Crippen molar-refractivity contribution in [2.45, 2.75) is 25.7 Å². The SMILES string of the molecule is Cc1cc(C(=O)Nc2ccc(C)c(S(=O)(=O)N(C)C)c2)c(C)o1. The summed E-state index contributed by atoms with van der Waals surface area (Å²) in [5, 5.41) is 2.71. The van der Waals surface area contributed by atoms with Gasteiger partial charge in [-0.15, -0.1) is 0 Å². The number of hydrogen-bond acceptors (Lipinski definition) is 4. The first kappa shape index (κ1) is 17.2. The van der Waals surface area contributed by atoms with Crippen LogP contribution in [0, 0.1) is 20.8 Å². The molecule has 1 amide bonds. The van der Waals surface area contributed by atoms with Crippen molar-refractivity contribution in [1.29, 1.82) is 0 Å². The Morgan fingerprint density at radius 3 is 2.30 bits per heavy atom. The van der Waals surface area contributed by atoms with Crippen LogP contribution < -0.4 is 5.32 Å². The number of nitrogens with one attached hydrogen (secondary N) is 1. The van der Waals surface area contributed by atoms with E-state index in [2.05, 4.69) is 5.32 Å². The average Bonchev–Trinajstić information content (AvgIpc) is 2.79. The molecule has 0 aliphatic carbocycles. The number of carbonyl (C=O) groups excluding carboxylic acids is 1. The summed E-state index contributed by atoms with van der Waals surface area (Å²) < 4.78 is 31.1. The third-order valence-corrected chi connectivity index (χ3v) is 5.45. The number of nitrogens with zero attached hydrogens (tertiary/aromatic N) is 1. The van der Waals surface area contributed by atoms with Crippen LogP contribution in [-0.2, 0) is 10.0 Å². The minimum atomic E-state index is -3.57. The van der Waals surface area contributed by atoms with Crippen LogP contribution in [-0.4, -0.2) is 32.7 Å². The summed E-state index contributed by atoms with van der Waals surface area (Å²) >= 11 is 0. The number of furan rings is 1. The molecule has 0 unspecified atom stereocenters. The first-order valence-corrected chi connectivity index (χ1v) is 8.48. The predicted octanol–water partition coefficient (Wildman–Crippen LogP) is 2.71. The molecule has 0 saturated heterocycles. The second-order valence-electron chi connectivity index (χ2n) is 5.55. The molecule has 0 atom stereocenters. The van der Waals surface area contributed by atoms with Crippen LogP contribution in [0.5, 0.6) is 0 Å². The van der Waals surface area contributed by atoms with E-state index in [1.54, 1.807) is 39.0 Å². The first-order chi connectivity index (χ1) is 10.6. The summed E-state index contributed by atoms with van der Waals surface area (Å²) in [7, 11) is -0.631. The molecule has 1 N–H and O–H groups in total. The van der Waals surface area contributed by atoms with Crippen molar-refractivity contribution < 1.29 is 17.6 Å². The lowest BCUT2D eigenvalue weighted by molar-refractivity contribution is 0.102. The van der Waals surface area contributed by atoms with Gasteiger partial charge in [0.25, 0.3) is 5.91 Å². The second kappa shape index (κ2) is 6.17. The minimum Gasteiger partial charge on any atom is -0.466 e. The Balaban J connectivity index is 2.35. The van der Waals surface area contributed by atoms with Crippen LogP contribution in [0.3, 0.4) is 0 Å². The van der Waals surface area contributed by atoms with Gasteiger partial charge < -0.3 is 9.73 Å². The number of amides is 1. The van der Waals surface area contributed by atoms with E-state index >= 15 is 0 Å². The number of hydrogen-bond donors (Lipinski definition) is 1. The fraction of sp³-hybridized carbons (Fsp3) is 0.312. The van der Waals surface area contributed by atoms with Crippen LogP contribution in [0.15, 0.2) is 33.6 Å². The van der Waals surface area contributed by atoms with E-state index in [0.29, 0.717) is 28.3 Å². The molecule has 2 rings (SSSR count). The van der Waals surface area contributed by atoms with Crippen LogP contribution in [0.25, 0.3) is 0 Å². The molecule has 23 heavy (non-hydrogen) atoms.